The highest BCUT2D eigenvalue weighted by Gasteiger charge is 2.52. The minimum atomic E-state index is -0.813. The zero-order valence-electron chi connectivity index (χ0n) is 12.4. The topological polar surface area (TPSA) is 86.7 Å². The van der Waals surface area contributed by atoms with Crippen molar-refractivity contribution in [1.82, 2.24) is 10.2 Å². The summed E-state index contributed by atoms with van der Waals surface area (Å²) in [7, 11) is 0. The number of fused-ring (bicyclic) bond motifs is 1. The van der Waals surface area contributed by atoms with Crippen LogP contribution < -0.4 is 5.32 Å². The van der Waals surface area contributed by atoms with Gasteiger partial charge in [0, 0.05) is 18.7 Å². The molecule has 0 saturated carbocycles. The number of thioether (sulfide) groups is 1. The van der Waals surface area contributed by atoms with Gasteiger partial charge in [0.15, 0.2) is 0 Å². The number of amides is 2. The van der Waals surface area contributed by atoms with Crippen LogP contribution in [0.15, 0.2) is 0 Å². The highest BCUT2D eigenvalue weighted by Crippen LogP contribution is 2.47. The van der Waals surface area contributed by atoms with E-state index in [-0.39, 0.29) is 22.7 Å². The van der Waals surface area contributed by atoms with Crippen molar-refractivity contribution in [1.29, 1.82) is 0 Å². The first kappa shape index (κ1) is 16.1. The van der Waals surface area contributed by atoms with Crippen molar-refractivity contribution < 1.29 is 19.5 Å². The van der Waals surface area contributed by atoms with Crippen LogP contribution in [0.5, 0.6) is 0 Å². The van der Waals surface area contributed by atoms with E-state index in [0.29, 0.717) is 31.6 Å². The number of aliphatic carboxylic acids is 1. The maximum Gasteiger partial charge on any atom is 0.306 e. The lowest BCUT2D eigenvalue weighted by Gasteiger charge is -2.29. The van der Waals surface area contributed by atoms with E-state index in [9.17, 15) is 14.4 Å². The molecular weight excluding hydrogens is 292 g/mol. The Morgan fingerprint density at radius 1 is 1.57 bits per heavy atom. The Balaban J connectivity index is 1.79. The molecule has 6 nitrogen and oxygen atoms in total. The van der Waals surface area contributed by atoms with Crippen LogP contribution >= 0.6 is 11.8 Å². The molecule has 0 aromatic carbocycles. The van der Waals surface area contributed by atoms with E-state index in [1.165, 1.54) is 0 Å². The molecule has 2 aliphatic rings. The lowest BCUT2D eigenvalue weighted by Crippen LogP contribution is -2.50. The van der Waals surface area contributed by atoms with Gasteiger partial charge in [0.05, 0.1) is 10.8 Å². The van der Waals surface area contributed by atoms with Crippen LogP contribution in [-0.2, 0) is 14.4 Å². The summed E-state index contributed by atoms with van der Waals surface area (Å²) in [5.74, 6) is -0.634. The zero-order valence-corrected chi connectivity index (χ0v) is 13.2. The van der Waals surface area contributed by atoms with Crippen molar-refractivity contribution in [2.24, 2.45) is 5.92 Å². The normalized spacial score (nSPS) is 29.3. The van der Waals surface area contributed by atoms with Crippen molar-refractivity contribution >= 4 is 29.5 Å². The van der Waals surface area contributed by atoms with E-state index in [1.807, 2.05) is 6.92 Å². The third-order valence-corrected chi connectivity index (χ3v) is 5.79. The minimum Gasteiger partial charge on any atom is -0.481 e. The van der Waals surface area contributed by atoms with Crippen LogP contribution in [0, 0.1) is 5.92 Å². The van der Waals surface area contributed by atoms with Crippen molar-refractivity contribution in [3.63, 3.8) is 0 Å². The molecule has 0 radical (unpaired) electrons. The number of hydrogen-bond donors (Lipinski definition) is 2. The standard InChI is InChI=1S/C14H22N2O4S/c1-9(13(19)20)4-3-7-15-12(18)10-8-21-14(2)6-5-11(17)16(10)14/h9-10H,3-8H2,1-2H3,(H,15,18)(H,19,20). The van der Waals surface area contributed by atoms with Gasteiger partial charge in [-0.3, -0.25) is 14.4 Å². The number of carboxylic acid groups (broad SMARTS) is 1. The number of rotatable bonds is 6. The first-order valence-electron chi connectivity index (χ1n) is 7.32. The van der Waals surface area contributed by atoms with Gasteiger partial charge in [0.1, 0.15) is 6.04 Å². The van der Waals surface area contributed by atoms with Crippen molar-refractivity contribution in [2.45, 2.75) is 50.4 Å². The summed E-state index contributed by atoms with van der Waals surface area (Å²) in [5.41, 5.74) is 0. The Labute approximate surface area is 128 Å². The first-order chi connectivity index (χ1) is 9.85. The average Bonchev–Trinajstić information content (AvgIpc) is 2.91. The molecule has 0 aromatic heterocycles. The molecule has 3 atom stereocenters. The summed E-state index contributed by atoms with van der Waals surface area (Å²) in [5, 5.41) is 11.6. The molecule has 2 amide bonds. The third kappa shape index (κ3) is 3.33. The van der Waals surface area contributed by atoms with E-state index in [1.54, 1.807) is 23.6 Å². The van der Waals surface area contributed by atoms with Crippen molar-refractivity contribution in [2.75, 3.05) is 12.3 Å². The van der Waals surface area contributed by atoms with Gasteiger partial charge in [0.25, 0.3) is 0 Å². The predicted octanol–water partition coefficient (Wildman–Crippen LogP) is 1.06. The van der Waals surface area contributed by atoms with E-state index in [4.69, 9.17) is 5.11 Å². The molecule has 2 N–H and O–H groups in total. The number of nitrogens with zero attached hydrogens (tertiary/aromatic N) is 1. The Hall–Kier alpha value is -1.24. The van der Waals surface area contributed by atoms with E-state index in [2.05, 4.69) is 5.32 Å². The molecule has 2 rings (SSSR count). The molecule has 118 valence electrons. The Kier molecular flexibility index (Phi) is 4.81. The van der Waals surface area contributed by atoms with E-state index >= 15 is 0 Å². The van der Waals surface area contributed by atoms with Gasteiger partial charge in [-0.2, -0.15) is 0 Å². The summed E-state index contributed by atoms with van der Waals surface area (Å²) in [4.78, 5) is 36.4. The van der Waals surface area contributed by atoms with Gasteiger partial charge in [-0.15, -0.1) is 11.8 Å². The number of nitrogens with one attached hydrogen (secondary N) is 1. The van der Waals surface area contributed by atoms with Crippen molar-refractivity contribution in [3.05, 3.63) is 0 Å². The van der Waals surface area contributed by atoms with Gasteiger partial charge < -0.3 is 15.3 Å². The Morgan fingerprint density at radius 3 is 2.95 bits per heavy atom. The van der Waals surface area contributed by atoms with Crippen LogP contribution in [0.1, 0.15) is 39.5 Å². The lowest BCUT2D eigenvalue weighted by molar-refractivity contribution is -0.141. The van der Waals surface area contributed by atoms with Gasteiger partial charge in [-0.05, 0) is 26.2 Å². The lowest BCUT2D eigenvalue weighted by atomic mass is 10.1. The van der Waals surface area contributed by atoms with Crippen molar-refractivity contribution in [3.8, 4) is 0 Å². The van der Waals surface area contributed by atoms with Crippen LogP contribution in [0.25, 0.3) is 0 Å². The highest BCUT2D eigenvalue weighted by molar-refractivity contribution is 8.01. The van der Waals surface area contributed by atoms with E-state index in [0.717, 1.165) is 6.42 Å². The van der Waals surface area contributed by atoms with Gasteiger partial charge in [-0.1, -0.05) is 6.92 Å². The number of carbonyl (C=O) groups is 3. The number of carboxylic acids is 1. The van der Waals surface area contributed by atoms with Gasteiger partial charge in [-0.25, -0.2) is 0 Å². The smallest absolute Gasteiger partial charge is 0.306 e. The SMILES string of the molecule is CC(CCCNC(=O)C1CSC2(C)CCC(=O)N12)C(=O)O. The molecule has 2 saturated heterocycles. The molecule has 21 heavy (non-hydrogen) atoms. The number of carbonyl (C=O) groups excluding carboxylic acids is 2. The summed E-state index contributed by atoms with van der Waals surface area (Å²) >= 11 is 1.67. The second-order valence-electron chi connectivity index (χ2n) is 5.94. The summed E-state index contributed by atoms with van der Waals surface area (Å²) < 4.78 is 0. The monoisotopic (exact) mass is 314 g/mol. The summed E-state index contributed by atoms with van der Waals surface area (Å²) in [6.45, 7) is 4.13. The minimum absolute atomic E-state index is 0.0575. The molecule has 0 aromatic rings. The fourth-order valence-electron chi connectivity index (χ4n) is 2.88. The Bertz CT molecular complexity index is 456. The van der Waals surface area contributed by atoms with Crippen LogP contribution in [-0.4, -0.2) is 51.0 Å². The maximum absolute atomic E-state index is 12.2. The molecule has 0 aliphatic carbocycles. The predicted molar refractivity (Wildman–Crippen MR) is 79.8 cm³/mol. The Morgan fingerprint density at radius 2 is 2.29 bits per heavy atom. The zero-order chi connectivity index (χ0) is 15.6. The third-order valence-electron chi connectivity index (χ3n) is 4.28. The molecule has 0 spiro atoms. The molecule has 2 aliphatic heterocycles. The largest absolute Gasteiger partial charge is 0.481 e. The molecule has 7 heteroatoms. The quantitative estimate of drug-likeness (QED) is 0.716. The van der Waals surface area contributed by atoms with Crippen LogP contribution in [0.2, 0.25) is 0 Å². The molecule has 3 unspecified atom stereocenters. The maximum atomic E-state index is 12.2. The first-order valence-corrected chi connectivity index (χ1v) is 8.30. The number of hydrogen-bond acceptors (Lipinski definition) is 4. The van der Waals surface area contributed by atoms with Crippen LogP contribution in [0.4, 0.5) is 0 Å². The van der Waals surface area contributed by atoms with E-state index < -0.39 is 11.9 Å². The molecular formula is C14H22N2O4S. The highest BCUT2D eigenvalue weighted by atomic mass is 32.2. The second-order valence-corrected chi connectivity index (χ2v) is 7.44. The average molecular weight is 314 g/mol. The molecule has 0 bridgehead atoms. The van der Waals surface area contributed by atoms with Gasteiger partial charge in [0.2, 0.25) is 11.8 Å². The summed E-state index contributed by atoms with van der Waals surface area (Å²) in [6.07, 6.45) is 2.49. The fourth-order valence-corrected chi connectivity index (χ4v) is 4.31. The summed E-state index contributed by atoms with van der Waals surface area (Å²) in [6, 6.07) is -0.383. The molecule has 2 fully saturated rings. The second kappa shape index (κ2) is 6.25. The van der Waals surface area contributed by atoms with Gasteiger partial charge >= 0.3 is 5.97 Å². The molecule has 2 heterocycles. The van der Waals surface area contributed by atoms with Crippen LogP contribution in [0.3, 0.4) is 0 Å². The fraction of sp³-hybridized carbons (Fsp3) is 0.786.